The van der Waals surface area contributed by atoms with Gasteiger partial charge in [-0.1, -0.05) is 13.8 Å². The summed E-state index contributed by atoms with van der Waals surface area (Å²) in [6.45, 7) is 5.59. The Labute approximate surface area is 211 Å². The topological polar surface area (TPSA) is 102 Å². The van der Waals surface area contributed by atoms with E-state index in [0.717, 1.165) is 5.01 Å². The van der Waals surface area contributed by atoms with Crippen LogP contribution in [0, 0.1) is 12.7 Å². The summed E-state index contributed by atoms with van der Waals surface area (Å²) in [7, 11) is 2.91. The molecule has 0 saturated carbocycles. The molecule has 0 fully saturated rings. The van der Waals surface area contributed by atoms with Crippen molar-refractivity contribution < 1.29 is 23.5 Å². The molecule has 4 aromatic rings. The highest BCUT2D eigenvalue weighted by Gasteiger charge is 2.22. The first kappa shape index (κ1) is 25.1. The molecule has 0 aliphatic rings. The van der Waals surface area contributed by atoms with Crippen LogP contribution in [0.15, 0.2) is 42.6 Å². The molecule has 2 heterocycles. The van der Waals surface area contributed by atoms with Crippen molar-refractivity contribution in [1.29, 1.82) is 0 Å². The molecule has 0 atom stereocenters. The second kappa shape index (κ2) is 10.3. The highest BCUT2D eigenvalue weighted by molar-refractivity contribution is 7.19. The van der Waals surface area contributed by atoms with Crippen molar-refractivity contribution in [2.45, 2.75) is 26.7 Å². The van der Waals surface area contributed by atoms with Crippen LogP contribution in [0.5, 0.6) is 11.6 Å². The number of hydrogen-bond acceptors (Lipinski definition) is 7. The van der Waals surface area contributed by atoms with Crippen LogP contribution >= 0.6 is 11.3 Å². The number of amides is 2. The van der Waals surface area contributed by atoms with E-state index in [-0.39, 0.29) is 28.9 Å². The maximum atomic E-state index is 14.1. The molecular formula is C26H25FN4O4S. The number of fused-ring (bicyclic) bond motifs is 1. The van der Waals surface area contributed by atoms with E-state index in [9.17, 15) is 14.0 Å². The zero-order valence-electron chi connectivity index (χ0n) is 20.4. The highest BCUT2D eigenvalue weighted by Crippen LogP contribution is 2.33. The van der Waals surface area contributed by atoms with Gasteiger partial charge in [0.05, 0.1) is 46.9 Å². The zero-order valence-corrected chi connectivity index (χ0v) is 21.2. The largest absolute Gasteiger partial charge is 0.496 e. The number of rotatable bonds is 7. The monoisotopic (exact) mass is 508 g/mol. The number of aromatic nitrogens is 2. The molecule has 0 bridgehead atoms. The second-order valence-corrected chi connectivity index (χ2v) is 9.50. The molecular weight excluding hydrogens is 483 g/mol. The summed E-state index contributed by atoms with van der Waals surface area (Å²) in [5.41, 5.74) is 2.18. The van der Waals surface area contributed by atoms with Crippen LogP contribution in [-0.4, -0.2) is 36.0 Å². The van der Waals surface area contributed by atoms with Crippen molar-refractivity contribution in [1.82, 2.24) is 9.97 Å². The first-order chi connectivity index (χ1) is 17.2. The van der Waals surface area contributed by atoms with E-state index in [0.29, 0.717) is 32.8 Å². The smallest absolute Gasteiger partial charge is 0.261 e. The van der Waals surface area contributed by atoms with Gasteiger partial charge in [-0.3, -0.25) is 9.59 Å². The van der Waals surface area contributed by atoms with Crippen LogP contribution in [0.1, 0.15) is 51.1 Å². The van der Waals surface area contributed by atoms with Gasteiger partial charge in [-0.2, -0.15) is 0 Å². The molecule has 2 N–H and O–H groups in total. The number of pyridine rings is 1. The third-order valence-corrected chi connectivity index (χ3v) is 6.53. The van der Waals surface area contributed by atoms with Gasteiger partial charge in [0.1, 0.15) is 17.1 Å². The number of nitrogens with zero attached hydrogens (tertiary/aromatic N) is 2. The molecule has 0 unspecified atom stereocenters. The number of nitrogens with one attached hydrogen (secondary N) is 2. The Morgan fingerprint density at radius 2 is 1.81 bits per heavy atom. The second-order valence-electron chi connectivity index (χ2n) is 8.30. The molecule has 4 rings (SSSR count). The molecule has 0 saturated heterocycles. The number of aryl methyl sites for hydroxylation is 1. The lowest BCUT2D eigenvalue weighted by molar-refractivity contribution is 0.102. The van der Waals surface area contributed by atoms with Crippen LogP contribution < -0.4 is 20.1 Å². The first-order valence-corrected chi connectivity index (χ1v) is 11.9. The summed E-state index contributed by atoms with van der Waals surface area (Å²) in [4.78, 5) is 35.3. The van der Waals surface area contributed by atoms with Gasteiger partial charge >= 0.3 is 0 Å². The van der Waals surface area contributed by atoms with E-state index in [4.69, 9.17) is 9.47 Å². The normalized spacial score (nSPS) is 11.0. The van der Waals surface area contributed by atoms with Gasteiger partial charge < -0.3 is 20.1 Å². The average Bonchev–Trinajstić information content (AvgIpc) is 3.24. The van der Waals surface area contributed by atoms with Gasteiger partial charge in [-0.05, 0) is 48.7 Å². The molecule has 8 nitrogen and oxygen atoms in total. The lowest BCUT2D eigenvalue weighted by Gasteiger charge is -2.15. The lowest BCUT2D eigenvalue weighted by Crippen LogP contribution is -2.19. The van der Waals surface area contributed by atoms with Gasteiger partial charge in [0.15, 0.2) is 0 Å². The minimum Gasteiger partial charge on any atom is -0.496 e. The van der Waals surface area contributed by atoms with Crippen molar-refractivity contribution in [2.24, 2.45) is 0 Å². The first-order valence-electron chi connectivity index (χ1n) is 11.1. The molecule has 0 aliphatic carbocycles. The van der Waals surface area contributed by atoms with Gasteiger partial charge in [-0.25, -0.2) is 14.4 Å². The molecule has 10 heteroatoms. The fourth-order valence-corrected chi connectivity index (χ4v) is 4.71. The third-order valence-electron chi connectivity index (χ3n) is 5.53. The minimum absolute atomic E-state index is 0.0641. The number of anilines is 2. The number of methoxy groups -OCH3 is 2. The standard InChI is InChI=1S/C26H25FN4O4S/c1-13(2)16-10-15(6-7-18(16)27)30-25(32)17-11-22(35-5)28-12-20(17)31-26(33)23-21(34-4)9-8-19-24(23)36-14(3)29-19/h6-13H,1-5H3,(H,30,32)(H,31,33). The van der Waals surface area contributed by atoms with Crippen LogP contribution in [0.25, 0.3) is 10.2 Å². The van der Waals surface area contributed by atoms with E-state index in [1.54, 1.807) is 18.2 Å². The predicted molar refractivity (Wildman–Crippen MR) is 138 cm³/mol. The fraction of sp³-hybridized carbons (Fsp3) is 0.231. The Hall–Kier alpha value is -4.05. The van der Waals surface area contributed by atoms with Crippen LogP contribution in [0.3, 0.4) is 0 Å². The molecule has 0 spiro atoms. The van der Waals surface area contributed by atoms with E-state index >= 15 is 0 Å². The van der Waals surface area contributed by atoms with Crippen LogP contribution in [0.2, 0.25) is 0 Å². The quantitative estimate of drug-likeness (QED) is 0.328. The Bertz CT molecular complexity index is 1470. The van der Waals surface area contributed by atoms with Crippen molar-refractivity contribution >= 4 is 44.7 Å². The van der Waals surface area contributed by atoms with Gasteiger partial charge in [0.2, 0.25) is 5.88 Å². The molecule has 2 aromatic heterocycles. The van der Waals surface area contributed by atoms with Crippen LogP contribution in [0.4, 0.5) is 15.8 Å². The minimum atomic E-state index is -0.522. The number of carbonyl (C=O) groups excluding carboxylic acids is 2. The van der Waals surface area contributed by atoms with Crippen LogP contribution in [-0.2, 0) is 0 Å². The maximum Gasteiger partial charge on any atom is 0.261 e. The average molecular weight is 509 g/mol. The SMILES string of the molecule is COc1cc(C(=O)Nc2ccc(F)c(C(C)C)c2)c(NC(=O)c2c(OC)ccc3nc(C)sc23)cn1. The fourth-order valence-electron chi connectivity index (χ4n) is 3.75. The lowest BCUT2D eigenvalue weighted by atomic mass is 10.0. The van der Waals surface area contributed by atoms with Crippen molar-refractivity contribution in [3.63, 3.8) is 0 Å². The Balaban J connectivity index is 1.69. The van der Waals surface area contributed by atoms with Crippen molar-refractivity contribution in [3.05, 3.63) is 70.1 Å². The summed E-state index contributed by atoms with van der Waals surface area (Å²) in [5, 5.41) is 6.35. The Kier molecular flexibility index (Phi) is 7.16. The zero-order chi connectivity index (χ0) is 26.0. The number of ether oxygens (including phenoxy) is 2. The Morgan fingerprint density at radius 1 is 1.03 bits per heavy atom. The summed E-state index contributed by atoms with van der Waals surface area (Å²) in [6.07, 6.45) is 1.35. The highest BCUT2D eigenvalue weighted by atomic mass is 32.1. The van der Waals surface area contributed by atoms with Crippen molar-refractivity contribution in [3.8, 4) is 11.6 Å². The molecule has 2 aromatic carbocycles. The van der Waals surface area contributed by atoms with Gasteiger partial charge in [0, 0.05) is 11.8 Å². The molecule has 36 heavy (non-hydrogen) atoms. The molecule has 186 valence electrons. The van der Waals surface area contributed by atoms with Crippen molar-refractivity contribution in [2.75, 3.05) is 24.9 Å². The summed E-state index contributed by atoms with van der Waals surface area (Å²) < 4.78 is 25.4. The molecule has 0 aliphatic heterocycles. The Morgan fingerprint density at radius 3 is 2.50 bits per heavy atom. The van der Waals surface area contributed by atoms with E-state index in [1.807, 2.05) is 20.8 Å². The molecule has 2 amide bonds. The summed E-state index contributed by atoms with van der Waals surface area (Å²) in [6, 6.07) is 9.27. The summed E-state index contributed by atoms with van der Waals surface area (Å²) >= 11 is 1.37. The number of hydrogen-bond donors (Lipinski definition) is 2. The number of thiazole rings is 1. The third kappa shape index (κ3) is 4.99. The van der Waals surface area contributed by atoms with Gasteiger partial charge in [0.25, 0.3) is 11.8 Å². The van der Waals surface area contributed by atoms with Gasteiger partial charge in [-0.15, -0.1) is 11.3 Å². The van der Waals surface area contributed by atoms with E-state index in [2.05, 4.69) is 20.6 Å². The van der Waals surface area contributed by atoms with E-state index in [1.165, 1.54) is 50.0 Å². The molecule has 0 radical (unpaired) electrons. The number of carbonyl (C=O) groups is 2. The maximum absolute atomic E-state index is 14.1. The van der Waals surface area contributed by atoms with E-state index < -0.39 is 11.8 Å². The number of halogens is 1. The number of benzene rings is 2. The predicted octanol–water partition coefficient (Wildman–Crippen LogP) is 5.78. The summed E-state index contributed by atoms with van der Waals surface area (Å²) in [5.74, 6) is -0.840.